The third kappa shape index (κ3) is 4.48. The molecule has 0 bridgehead atoms. The van der Waals surface area contributed by atoms with Crippen LogP contribution >= 0.6 is 0 Å². The fourth-order valence-electron chi connectivity index (χ4n) is 3.23. The predicted molar refractivity (Wildman–Crippen MR) is 96.1 cm³/mol. The summed E-state index contributed by atoms with van der Waals surface area (Å²) >= 11 is 0. The van der Waals surface area contributed by atoms with E-state index in [2.05, 4.69) is 27.3 Å². The van der Waals surface area contributed by atoms with Crippen molar-refractivity contribution in [2.75, 3.05) is 25.5 Å². The number of piperidine rings is 1. The normalized spacial score (nSPS) is 17.9. The molecule has 6 heteroatoms. The molecule has 0 radical (unpaired) electrons. The molecule has 1 aromatic carbocycles. The average molecular weight is 341 g/mol. The Balaban J connectivity index is 1.64. The Morgan fingerprint density at radius 3 is 3.08 bits per heavy atom. The summed E-state index contributed by atoms with van der Waals surface area (Å²) in [6.45, 7) is 2.74. The highest BCUT2D eigenvalue weighted by molar-refractivity contribution is 5.93. The fourth-order valence-corrected chi connectivity index (χ4v) is 3.23. The van der Waals surface area contributed by atoms with Gasteiger partial charge in [0.05, 0.1) is 7.11 Å². The number of nitrogens with one attached hydrogen (secondary N) is 1. The van der Waals surface area contributed by atoms with Crippen molar-refractivity contribution in [2.24, 2.45) is 0 Å². The molecule has 1 aliphatic rings. The number of likely N-dealkylation sites (tertiary alicyclic amines) is 1. The lowest BCUT2D eigenvalue weighted by Crippen LogP contribution is -2.42. The summed E-state index contributed by atoms with van der Waals surface area (Å²) in [7, 11) is 1.67. The summed E-state index contributed by atoms with van der Waals surface area (Å²) in [5, 5.41) is 12.6. The van der Waals surface area contributed by atoms with E-state index in [0.29, 0.717) is 5.82 Å². The maximum absolute atomic E-state index is 11.3. The number of hydrogen-bond donors (Lipinski definition) is 2. The van der Waals surface area contributed by atoms with Crippen molar-refractivity contribution < 1.29 is 14.6 Å². The first-order chi connectivity index (χ1) is 12.2. The first-order valence-electron chi connectivity index (χ1n) is 8.46. The monoisotopic (exact) mass is 341 g/mol. The van der Waals surface area contributed by atoms with Gasteiger partial charge in [-0.3, -0.25) is 4.90 Å². The van der Waals surface area contributed by atoms with Gasteiger partial charge in [0.1, 0.15) is 17.1 Å². The maximum Gasteiger partial charge on any atom is 0.339 e. The number of aromatic carboxylic acids is 1. The second kappa shape index (κ2) is 7.98. The zero-order chi connectivity index (χ0) is 17.6. The molecule has 1 aromatic heterocycles. The Labute approximate surface area is 147 Å². The molecule has 25 heavy (non-hydrogen) atoms. The van der Waals surface area contributed by atoms with Gasteiger partial charge in [0.15, 0.2) is 0 Å². The van der Waals surface area contributed by atoms with E-state index in [1.165, 1.54) is 5.56 Å². The standard InChI is InChI=1S/C19H23N3O3/c1-25-16-7-2-5-14(11-16)12-22-10-4-6-15(13-22)21-18-17(19(23)24)8-3-9-20-18/h2-3,5,7-9,11,15H,4,6,10,12-13H2,1H3,(H,20,21)(H,23,24). The van der Waals surface area contributed by atoms with Crippen molar-refractivity contribution in [1.82, 2.24) is 9.88 Å². The van der Waals surface area contributed by atoms with Gasteiger partial charge in [0.25, 0.3) is 0 Å². The largest absolute Gasteiger partial charge is 0.497 e. The molecule has 1 atom stereocenters. The van der Waals surface area contributed by atoms with Crippen molar-refractivity contribution in [3.63, 3.8) is 0 Å². The molecule has 1 fully saturated rings. The van der Waals surface area contributed by atoms with E-state index in [1.807, 2.05) is 12.1 Å². The van der Waals surface area contributed by atoms with Gasteiger partial charge in [-0.1, -0.05) is 12.1 Å². The molecular formula is C19H23N3O3. The van der Waals surface area contributed by atoms with Crippen LogP contribution in [0.4, 0.5) is 5.82 Å². The van der Waals surface area contributed by atoms with E-state index < -0.39 is 5.97 Å². The Morgan fingerprint density at radius 1 is 1.40 bits per heavy atom. The fraction of sp³-hybridized carbons (Fsp3) is 0.368. The number of carbonyl (C=O) groups is 1. The number of hydrogen-bond acceptors (Lipinski definition) is 5. The number of carboxylic acids is 1. The van der Waals surface area contributed by atoms with E-state index in [-0.39, 0.29) is 11.6 Å². The van der Waals surface area contributed by atoms with Crippen LogP contribution in [0.1, 0.15) is 28.8 Å². The molecule has 6 nitrogen and oxygen atoms in total. The van der Waals surface area contributed by atoms with Gasteiger partial charge in [0, 0.05) is 25.3 Å². The maximum atomic E-state index is 11.3. The number of anilines is 1. The minimum atomic E-state index is -0.959. The summed E-state index contributed by atoms with van der Waals surface area (Å²) in [5.74, 6) is 0.353. The zero-order valence-electron chi connectivity index (χ0n) is 14.3. The van der Waals surface area contributed by atoms with Gasteiger partial charge in [-0.2, -0.15) is 0 Å². The molecule has 1 aliphatic heterocycles. The van der Waals surface area contributed by atoms with Crippen LogP contribution in [-0.2, 0) is 6.54 Å². The number of nitrogens with zero attached hydrogens (tertiary/aromatic N) is 2. The Hall–Kier alpha value is -2.60. The molecule has 3 rings (SSSR count). The molecule has 0 amide bonds. The predicted octanol–water partition coefficient (Wildman–Crippen LogP) is 2.86. The number of rotatable bonds is 6. The first-order valence-corrected chi connectivity index (χ1v) is 8.46. The van der Waals surface area contributed by atoms with Crippen LogP contribution in [0, 0.1) is 0 Å². The number of ether oxygens (including phenoxy) is 1. The quantitative estimate of drug-likeness (QED) is 0.841. The highest BCUT2D eigenvalue weighted by atomic mass is 16.5. The molecule has 0 aliphatic carbocycles. The van der Waals surface area contributed by atoms with Gasteiger partial charge in [0.2, 0.25) is 0 Å². The van der Waals surface area contributed by atoms with E-state index in [4.69, 9.17) is 4.74 Å². The van der Waals surface area contributed by atoms with Crippen LogP contribution in [0.5, 0.6) is 5.75 Å². The summed E-state index contributed by atoms with van der Waals surface area (Å²) < 4.78 is 5.28. The topological polar surface area (TPSA) is 74.7 Å². The van der Waals surface area contributed by atoms with Crippen molar-refractivity contribution >= 4 is 11.8 Å². The number of methoxy groups -OCH3 is 1. The first kappa shape index (κ1) is 17.2. The van der Waals surface area contributed by atoms with E-state index >= 15 is 0 Å². The molecule has 0 spiro atoms. The smallest absolute Gasteiger partial charge is 0.339 e. The summed E-state index contributed by atoms with van der Waals surface area (Å²) in [6.07, 6.45) is 3.69. The van der Waals surface area contributed by atoms with Crippen LogP contribution in [0.25, 0.3) is 0 Å². The summed E-state index contributed by atoms with van der Waals surface area (Å²) in [5.41, 5.74) is 1.43. The van der Waals surface area contributed by atoms with Crippen molar-refractivity contribution in [1.29, 1.82) is 0 Å². The van der Waals surface area contributed by atoms with E-state index in [1.54, 1.807) is 25.4 Å². The minimum Gasteiger partial charge on any atom is -0.497 e. The van der Waals surface area contributed by atoms with Gasteiger partial charge < -0.3 is 15.2 Å². The molecule has 132 valence electrons. The summed E-state index contributed by atoms with van der Waals surface area (Å²) in [4.78, 5) is 17.9. The lowest BCUT2D eigenvalue weighted by atomic mass is 10.0. The molecule has 0 saturated carbocycles. The van der Waals surface area contributed by atoms with E-state index in [9.17, 15) is 9.90 Å². The molecule has 1 unspecified atom stereocenters. The van der Waals surface area contributed by atoms with Crippen molar-refractivity contribution in [3.05, 3.63) is 53.7 Å². The van der Waals surface area contributed by atoms with Gasteiger partial charge in [-0.15, -0.1) is 0 Å². The molecule has 2 aromatic rings. The van der Waals surface area contributed by atoms with Crippen LogP contribution in [0.3, 0.4) is 0 Å². The number of benzene rings is 1. The second-order valence-corrected chi connectivity index (χ2v) is 6.27. The third-order valence-corrected chi connectivity index (χ3v) is 4.42. The third-order valence-electron chi connectivity index (χ3n) is 4.42. The highest BCUT2D eigenvalue weighted by Crippen LogP contribution is 2.20. The molecule has 2 N–H and O–H groups in total. The van der Waals surface area contributed by atoms with Crippen LogP contribution in [-0.4, -0.2) is 47.2 Å². The lowest BCUT2D eigenvalue weighted by molar-refractivity contribution is 0.0697. The summed E-state index contributed by atoms with van der Waals surface area (Å²) in [6, 6.07) is 11.5. The SMILES string of the molecule is COc1cccc(CN2CCCC(Nc3ncccc3C(=O)O)C2)c1. The molecule has 1 saturated heterocycles. The van der Waals surface area contributed by atoms with Crippen LogP contribution in [0.15, 0.2) is 42.6 Å². The highest BCUT2D eigenvalue weighted by Gasteiger charge is 2.22. The van der Waals surface area contributed by atoms with Crippen molar-refractivity contribution in [3.8, 4) is 5.75 Å². The Morgan fingerprint density at radius 2 is 2.28 bits per heavy atom. The Bertz CT molecular complexity index is 735. The molecule has 2 heterocycles. The van der Waals surface area contributed by atoms with Gasteiger partial charge >= 0.3 is 5.97 Å². The van der Waals surface area contributed by atoms with Crippen LogP contribution in [0.2, 0.25) is 0 Å². The minimum absolute atomic E-state index is 0.187. The number of pyridine rings is 1. The number of aromatic nitrogens is 1. The van der Waals surface area contributed by atoms with Gasteiger partial charge in [-0.05, 0) is 49.2 Å². The lowest BCUT2D eigenvalue weighted by Gasteiger charge is -2.33. The van der Waals surface area contributed by atoms with Crippen LogP contribution < -0.4 is 10.1 Å². The Kier molecular flexibility index (Phi) is 5.50. The second-order valence-electron chi connectivity index (χ2n) is 6.27. The zero-order valence-corrected chi connectivity index (χ0v) is 14.3. The van der Waals surface area contributed by atoms with Crippen molar-refractivity contribution in [2.45, 2.75) is 25.4 Å². The van der Waals surface area contributed by atoms with E-state index in [0.717, 1.165) is 38.2 Å². The average Bonchev–Trinajstić information content (AvgIpc) is 2.62. The van der Waals surface area contributed by atoms with Gasteiger partial charge in [-0.25, -0.2) is 9.78 Å². The molecular weight excluding hydrogens is 318 g/mol. The number of carboxylic acid groups (broad SMARTS) is 1.